The van der Waals surface area contributed by atoms with Crippen molar-refractivity contribution in [3.8, 4) is 0 Å². The number of hydrogen-bond acceptors (Lipinski definition) is 7. The van der Waals surface area contributed by atoms with Crippen molar-refractivity contribution < 1.29 is 23.8 Å². The molecule has 2 atom stereocenters. The standard InChI is InChI=1S/C19H26ClN5O5/c1-4-8-29-13-9-25(19-23-14(18(27)28)10(3)30-19)7-6-12(13)22-17(26)16-21-11(5-2)15(20)24-16/h12-13H,4-9H2,1-3H3,(H,21,24)(H,22,26)(H,27,28). The quantitative estimate of drug-likeness (QED) is 0.571. The number of nitrogens with one attached hydrogen (secondary N) is 2. The number of rotatable bonds is 8. The van der Waals surface area contributed by atoms with Gasteiger partial charge >= 0.3 is 5.97 Å². The number of amides is 1. The van der Waals surface area contributed by atoms with Crippen molar-refractivity contribution in [1.82, 2.24) is 20.3 Å². The van der Waals surface area contributed by atoms with E-state index in [2.05, 4.69) is 20.3 Å². The smallest absolute Gasteiger partial charge is 0.358 e. The van der Waals surface area contributed by atoms with Crippen LogP contribution in [0.25, 0.3) is 0 Å². The number of aromatic carboxylic acids is 1. The molecule has 30 heavy (non-hydrogen) atoms. The number of carbonyl (C=O) groups excluding carboxylic acids is 1. The maximum Gasteiger partial charge on any atom is 0.358 e. The predicted molar refractivity (Wildman–Crippen MR) is 109 cm³/mol. The van der Waals surface area contributed by atoms with Crippen LogP contribution < -0.4 is 10.2 Å². The molecule has 2 aromatic rings. The fraction of sp³-hybridized carbons (Fsp3) is 0.579. The number of carbonyl (C=O) groups is 2. The van der Waals surface area contributed by atoms with E-state index in [9.17, 15) is 14.7 Å². The van der Waals surface area contributed by atoms with Crippen LogP contribution in [0.5, 0.6) is 0 Å². The van der Waals surface area contributed by atoms with E-state index in [4.69, 9.17) is 20.8 Å². The third kappa shape index (κ3) is 4.76. The highest BCUT2D eigenvalue weighted by atomic mass is 35.5. The number of carboxylic acids is 1. The molecule has 3 N–H and O–H groups in total. The second-order valence-corrected chi connectivity index (χ2v) is 7.50. The van der Waals surface area contributed by atoms with Crippen molar-refractivity contribution in [2.45, 2.75) is 52.2 Å². The molecule has 3 heterocycles. The third-order valence-corrected chi connectivity index (χ3v) is 5.28. The van der Waals surface area contributed by atoms with Crippen molar-refractivity contribution >= 4 is 29.5 Å². The van der Waals surface area contributed by atoms with Gasteiger partial charge in [-0.2, -0.15) is 4.98 Å². The minimum absolute atomic E-state index is 0.104. The summed E-state index contributed by atoms with van der Waals surface area (Å²) in [6.45, 7) is 6.95. The van der Waals surface area contributed by atoms with E-state index in [1.807, 2.05) is 18.7 Å². The molecule has 1 fully saturated rings. The van der Waals surface area contributed by atoms with Crippen LogP contribution in [0.4, 0.5) is 6.01 Å². The zero-order chi connectivity index (χ0) is 21.8. The van der Waals surface area contributed by atoms with E-state index in [1.54, 1.807) is 6.92 Å². The molecular formula is C19H26ClN5O5. The Balaban J connectivity index is 1.72. The summed E-state index contributed by atoms with van der Waals surface area (Å²) in [7, 11) is 0. The number of imidazole rings is 1. The average molecular weight is 440 g/mol. The maximum atomic E-state index is 12.7. The zero-order valence-electron chi connectivity index (χ0n) is 17.2. The van der Waals surface area contributed by atoms with Crippen LogP contribution in [-0.2, 0) is 11.2 Å². The molecule has 164 valence electrons. The maximum absolute atomic E-state index is 12.7. The number of ether oxygens (including phenoxy) is 1. The molecule has 0 spiro atoms. The topological polar surface area (TPSA) is 134 Å². The van der Waals surface area contributed by atoms with E-state index in [0.29, 0.717) is 43.4 Å². The summed E-state index contributed by atoms with van der Waals surface area (Å²) in [5.74, 6) is -1.06. The highest BCUT2D eigenvalue weighted by Gasteiger charge is 2.34. The van der Waals surface area contributed by atoms with Gasteiger partial charge in [-0.25, -0.2) is 9.78 Å². The van der Waals surface area contributed by atoms with Gasteiger partial charge in [0.25, 0.3) is 11.9 Å². The van der Waals surface area contributed by atoms with E-state index >= 15 is 0 Å². The highest BCUT2D eigenvalue weighted by molar-refractivity contribution is 6.30. The Kier molecular flexibility index (Phi) is 6.99. The summed E-state index contributed by atoms with van der Waals surface area (Å²) in [6, 6.07) is -0.00515. The van der Waals surface area contributed by atoms with E-state index < -0.39 is 5.97 Å². The Labute approximate surface area is 179 Å². The van der Waals surface area contributed by atoms with E-state index in [-0.39, 0.29) is 41.3 Å². The molecule has 1 amide bonds. The number of piperidine rings is 1. The second-order valence-electron chi connectivity index (χ2n) is 7.14. The second kappa shape index (κ2) is 9.48. The molecule has 3 rings (SSSR count). The summed E-state index contributed by atoms with van der Waals surface area (Å²) in [6.07, 6.45) is 1.72. The largest absolute Gasteiger partial charge is 0.476 e. The van der Waals surface area contributed by atoms with Crippen LogP contribution in [0, 0.1) is 6.92 Å². The minimum atomic E-state index is -1.13. The SMILES string of the molecule is CCCOC1CN(c2nc(C(=O)O)c(C)o2)CCC1NC(=O)c1nc(Cl)c(CC)[nH]1. The van der Waals surface area contributed by atoms with Crippen LogP contribution in [0.2, 0.25) is 5.15 Å². The first-order valence-electron chi connectivity index (χ1n) is 9.96. The molecule has 2 aromatic heterocycles. The Morgan fingerprint density at radius 3 is 2.77 bits per heavy atom. The molecule has 0 aromatic carbocycles. The summed E-state index contributed by atoms with van der Waals surface area (Å²) in [4.78, 5) is 36.9. The summed E-state index contributed by atoms with van der Waals surface area (Å²) in [5, 5.41) is 12.5. The van der Waals surface area contributed by atoms with Gasteiger partial charge in [-0.15, -0.1) is 0 Å². The van der Waals surface area contributed by atoms with Crippen molar-refractivity contribution in [3.63, 3.8) is 0 Å². The minimum Gasteiger partial charge on any atom is -0.476 e. The van der Waals surface area contributed by atoms with Gasteiger partial charge in [0, 0.05) is 13.2 Å². The Morgan fingerprint density at radius 2 is 2.17 bits per heavy atom. The van der Waals surface area contributed by atoms with Gasteiger partial charge in [-0.3, -0.25) is 4.79 Å². The Hall–Kier alpha value is -2.59. The number of halogens is 1. The van der Waals surface area contributed by atoms with Crippen LogP contribution in [0.3, 0.4) is 0 Å². The van der Waals surface area contributed by atoms with Gasteiger partial charge < -0.3 is 29.5 Å². The zero-order valence-corrected chi connectivity index (χ0v) is 18.0. The number of carboxylic acid groups (broad SMARTS) is 1. The fourth-order valence-corrected chi connectivity index (χ4v) is 3.64. The molecule has 11 heteroatoms. The molecule has 2 unspecified atom stereocenters. The molecule has 0 saturated carbocycles. The number of aromatic amines is 1. The van der Waals surface area contributed by atoms with Gasteiger partial charge in [0.05, 0.1) is 24.4 Å². The number of aryl methyl sites for hydroxylation is 2. The molecule has 0 bridgehead atoms. The molecular weight excluding hydrogens is 414 g/mol. The third-order valence-electron chi connectivity index (χ3n) is 4.97. The van der Waals surface area contributed by atoms with Crippen LogP contribution in [0.15, 0.2) is 4.42 Å². The van der Waals surface area contributed by atoms with E-state index in [1.165, 1.54) is 0 Å². The summed E-state index contributed by atoms with van der Waals surface area (Å²) in [5.41, 5.74) is 0.608. The molecule has 1 aliphatic rings. The van der Waals surface area contributed by atoms with Crippen LogP contribution in [-0.4, -0.2) is 63.8 Å². The van der Waals surface area contributed by atoms with Gasteiger partial charge in [0.2, 0.25) is 0 Å². The summed E-state index contributed by atoms with van der Waals surface area (Å²) < 4.78 is 11.5. The predicted octanol–water partition coefficient (Wildman–Crippen LogP) is 2.42. The monoisotopic (exact) mass is 439 g/mol. The lowest BCUT2D eigenvalue weighted by atomic mass is 10.0. The first-order chi connectivity index (χ1) is 14.3. The highest BCUT2D eigenvalue weighted by Crippen LogP contribution is 2.24. The number of H-pyrrole nitrogens is 1. The summed E-state index contributed by atoms with van der Waals surface area (Å²) >= 11 is 6.04. The van der Waals surface area contributed by atoms with E-state index in [0.717, 1.165) is 6.42 Å². The Bertz CT molecular complexity index is 911. The molecule has 0 aliphatic carbocycles. The normalized spacial score (nSPS) is 19.1. The van der Waals surface area contributed by atoms with Crippen molar-refractivity contribution in [1.29, 1.82) is 0 Å². The van der Waals surface area contributed by atoms with Crippen molar-refractivity contribution in [2.24, 2.45) is 0 Å². The van der Waals surface area contributed by atoms with Crippen LogP contribution >= 0.6 is 11.6 Å². The molecule has 1 aliphatic heterocycles. The number of hydrogen-bond donors (Lipinski definition) is 3. The number of aromatic nitrogens is 3. The molecule has 0 radical (unpaired) electrons. The fourth-order valence-electron chi connectivity index (χ4n) is 3.38. The molecule has 10 nitrogen and oxygen atoms in total. The van der Waals surface area contributed by atoms with Crippen molar-refractivity contribution in [3.05, 3.63) is 28.1 Å². The lowest BCUT2D eigenvalue weighted by molar-refractivity contribution is 0.0195. The Morgan fingerprint density at radius 1 is 1.40 bits per heavy atom. The number of oxazole rings is 1. The average Bonchev–Trinajstić information content (AvgIpc) is 3.29. The van der Waals surface area contributed by atoms with Crippen molar-refractivity contribution in [2.75, 3.05) is 24.6 Å². The van der Waals surface area contributed by atoms with Gasteiger partial charge in [-0.05, 0) is 26.2 Å². The number of anilines is 1. The first kappa shape index (κ1) is 22.1. The number of nitrogens with zero attached hydrogens (tertiary/aromatic N) is 3. The molecule has 1 saturated heterocycles. The van der Waals surface area contributed by atoms with Gasteiger partial charge in [0.15, 0.2) is 16.7 Å². The lowest BCUT2D eigenvalue weighted by Gasteiger charge is -2.37. The van der Waals surface area contributed by atoms with Gasteiger partial charge in [-0.1, -0.05) is 25.4 Å². The van der Waals surface area contributed by atoms with Crippen LogP contribution in [0.1, 0.15) is 59.3 Å². The lowest BCUT2D eigenvalue weighted by Crippen LogP contribution is -2.55. The first-order valence-corrected chi connectivity index (χ1v) is 10.3. The van der Waals surface area contributed by atoms with Gasteiger partial charge in [0.1, 0.15) is 5.76 Å².